The van der Waals surface area contributed by atoms with Crippen molar-refractivity contribution in [3.63, 3.8) is 0 Å². The van der Waals surface area contributed by atoms with Crippen LogP contribution in [0.15, 0.2) is 24.3 Å². The maximum absolute atomic E-state index is 12.5. The number of benzene rings is 1. The summed E-state index contributed by atoms with van der Waals surface area (Å²) in [7, 11) is 1.33. The highest BCUT2D eigenvalue weighted by Crippen LogP contribution is 2.29. The lowest BCUT2D eigenvalue weighted by Gasteiger charge is -2.35. The lowest BCUT2D eigenvalue weighted by molar-refractivity contribution is -0.153. The lowest BCUT2D eigenvalue weighted by atomic mass is 9.81. The average molecular weight is 347 g/mol. The van der Waals surface area contributed by atoms with E-state index in [2.05, 4.69) is 5.32 Å². The van der Waals surface area contributed by atoms with E-state index in [0.29, 0.717) is 24.2 Å². The summed E-state index contributed by atoms with van der Waals surface area (Å²) in [6.45, 7) is 3.09. The van der Waals surface area contributed by atoms with Crippen molar-refractivity contribution in [3.05, 3.63) is 29.8 Å². The summed E-state index contributed by atoms with van der Waals surface area (Å²) < 4.78 is 10.6. The van der Waals surface area contributed by atoms with Gasteiger partial charge in [-0.25, -0.2) is 4.79 Å². The molecule has 25 heavy (non-hydrogen) atoms. The summed E-state index contributed by atoms with van der Waals surface area (Å²) >= 11 is 0. The van der Waals surface area contributed by atoms with Gasteiger partial charge in [0.05, 0.1) is 7.11 Å². The average Bonchev–Trinajstić information content (AvgIpc) is 2.61. The number of carbonyl (C=O) groups excluding carboxylic acids is 3. The second kappa shape index (κ2) is 8.14. The molecule has 2 rings (SSSR count). The van der Waals surface area contributed by atoms with Gasteiger partial charge in [0, 0.05) is 5.56 Å². The van der Waals surface area contributed by atoms with E-state index in [0.717, 1.165) is 19.3 Å². The largest absolute Gasteiger partial charge is 0.481 e. The minimum atomic E-state index is -0.969. The van der Waals surface area contributed by atoms with Crippen molar-refractivity contribution in [2.24, 2.45) is 0 Å². The molecule has 1 aliphatic carbocycles. The summed E-state index contributed by atoms with van der Waals surface area (Å²) in [5, 5.41) is 2.84. The number of rotatable bonds is 6. The van der Waals surface area contributed by atoms with Crippen LogP contribution in [0.1, 0.15) is 56.3 Å². The van der Waals surface area contributed by atoms with Crippen molar-refractivity contribution in [1.82, 2.24) is 5.32 Å². The Morgan fingerprint density at radius 1 is 1.16 bits per heavy atom. The Balaban J connectivity index is 2.07. The number of Topliss-reactive ketones (excluding diaryl/α,β-unsaturated/α-hetero) is 1. The molecular weight excluding hydrogens is 322 g/mol. The predicted molar refractivity (Wildman–Crippen MR) is 92.5 cm³/mol. The molecule has 1 aromatic carbocycles. The van der Waals surface area contributed by atoms with E-state index in [9.17, 15) is 14.4 Å². The summed E-state index contributed by atoms with van der Waals surface area (Å²) in [6, 6.07) is 6.68. The van der Waals surface area contributed by atoms with Crippen LogP contribution in [0, 0.1) is 0 Å². The highest BCUT2D eigenvalue weighted by molar-refractivity contribution is 5.94. The fraction of sp³-hybridized carbons (Fsp3) is 0.526. The molecule has 0 spiro atoms. The van der Waals surface area contributed by atoms with Crippen LogP contribution in [0.3, 0.4) is 0 Å². The molecule has 1 atom stereocenters. The van der Waals surface area contributed by atoms with Gasteiger partial charge in [-0.1, -0.05) is 31.4 Å². The van der Waals surface area contributed by atoms with Gasteiger partial charge in [0.1, 0.15) is 11.3 Å². The van der Waals surface area contributed by atoms with Crippen LogP contribution in [0.4, 0.5) is 0 Å². The second-order valence-corrected chi connectivity index (χ2v) is 6.47. The molecule has 0 heterocycles. The van der Waals surface area contributed by atoms with Crippen LogP contribution >= 0.6 is 0 Å². The smallest absolute Gasteiger partial charge is 0.331 e. The van der Waals surface area contributed by atoms with Gasteiger partial charge in [0.25, 0.3) is 5.91 Å². The fourth-order valence-corrected chi connectivity index (χ4v) is 3.11. The molecule has 1 amide bonds. The highest BCUT2D eigenvalue weighted by Gasteiger charge is 2.42. The number of methoxy groups -OCH3 is 1. The van der Waals surface area contributed by atoms with E-state index in [1.807, 2.05) is 0 Å². The Hall–Kier alpha value is -2.37. The molecule has 1 N–H and O–H groups in total. The van der Waals surface area contributed by atoms with Crippen molar-refractivity contribution < 1.29 is 23.9 Å². The first kappa shape index (κ1) is 19.0. The van der Waals surface area contributed by atoms with Crippen LogP contribution in [-0.4, -0.2) is 36.4 Å². The van der Waals surface area contributed by atoms with Gasteiger partial charge in [0.15, 0.2) is 11.9 Å². The molecule has 6 heteroatoms. The number of hydrogen-bond acceptors (Lipinski definition) is 5. The Kier molecular flexibility index (Phi) is 6.17. The molecule has 0 radical (unpaired) electrons. The highest BCUT2D eigenvalue weighted by atomic mass is 16.5. The molecule has 0 saturated heterocycles. The molecule has 1 fully saturated rings. The Morgan fingerprint density at radius 3 is 2.44 bits per heavy atom. The summed E-state index contributed by atoms with van der Waals surface area (Å²) in [5.74, 6) is -0.424. The van der Waals surface area contributed by atoms with Crippen molar-refractivity contribution in [1.29, 1.82) is 0 Å². The van der Waals surface area contributed by atoms with E-state index >= 15 is 0 Å². The number of esters is 1. The quantitative estimate of drug-likeness (QED) is 0.632. The zero-order chi connectivity index (χ0) is 18.4. The Morgan fingerprint density at radius 2 is 1.84 bits per heavy atom. The maximum Gasteiger partial charge on any atom is 0.331 e. The molecular formula is C19H25NO5. The number of ketones is 1. The molecule has 136 valence electrons. The van der Waals surface area contributed by atoms with E-state index in [-0.39, 0.29) is 11.7 Å². The normalized spacial score (nSPS) is 17.2. The fourth-order valence-electron chi connectivity index (χ4n) is 3.11. The second-order valence-electron chi connectivity index (χ2n) is 6.47. The lowest BCUT2D eigenvalue weighted by Crippen LogP contribution is -2.58. The molecule has 0 aromatic heterocycles. The summed E-state index contributed by atoms with van der Waals surface area (Å²) in [5.41, 5.74) is -0.452. The van der Waals surface area contributed by atoms with Crippen molar-refractivity contribution in [2.45, 2.75) is 57.6 Å². The number of hydrogen-bond donors (Lipinski definition) is 1. The summed E-state index contributed by atoms with van der Waals surface area (Å²) in [6.07, 6.45) is 3.11. The third-order valence-corrected chi connectivity index (χ3v) is 4.57. The van der Waals surface area contributed by atoms with Crippen molar-refractivity contribution in [2.75, 3.05) is 7.11 Å². The van der Waals surface area contributed by atoms with Crippen LogP contribution < -0.4 is 10.1 Å². The third-order valence-electron chi connectivity index (χ3n) is 4.57. The molecule has 1 aromatic rings. The predicted octanol–water partition coefficient (Wildman–Crippen LogP) is 2.65. The Bertz CT molecular complexity index is 649. The van der Waals surface area contributed by atoms with E-state index in [4.69, 9.17) is 9.47 Å². The van der Waals surface area contributed by atoms with Gasteiger partial charge >= 0.3 is 5.97 Å². The minimum Gasteiger partial charge on any atom is -0.481 e. The number of carbonyl (C=O) groups is 3. The van der Waals surface area contributed by atoms with Gasteiger partial charge < -0.3 is 14.8 Å². The number of amides is 1. The molecule has 1 unspecified atom stereocenters. The topological polar surface area (TPSA) is 81.7 Å². The molecule has 1 aliphatic rings. The third kappa shape index (κ3) is 4.59. The van der Waals surface area contributed by atoms with Gasteiger partial charge in [-0.05, 0) is 38.8 Å². The molecule has 6 nitrogen and oxygen atoms in total. The van der Waals surface area contributed by atoms with E-state index in [1.54, 1.807) is 31.2 Å². The van der Waals surface area contributed by atoms with Crippen LogP contribution in [0.25, 0.3) is 0 Å². The Labute approximate surface area is 147 Å². The van der Waals surface area contributed by atoms with E-state index < -0.39 is 17.6 Å². The first-order valence-corrected chi connectivity index (χ1v) is 8.56. The van der Waals surface area contributed by atoms with Gasteiger partial charge in [0.2, 0.25) is 0 Å². The minimum absolute atomic E-state index is 0.0746. The van der Waals surface area contributed by atoms with Crippen LogP contribution in [0.5, 0.6) is 5.75 Å². The molecule has 1 saturated carbocycles. The van der Waals surface area contributed by atoms with Gasteiger partial charge in [-0.2, -0.15) is 0 Å². The van der Waals surface area contributed by atoms with E-state index in [1.165, 1.54) is 14.0 Å². The van der Waals surface area contributed by atoms with Crippen LogP contribution in [0.2, 0.25) is 0 Å². The first-order chi connectivity index (χ1) is 11.9. The standard InChI is InChI=1S/C19H25NO5/c1-13(21)15-8-7-9-16(12-15)25-14(2)17(22)20-19(18(23)24-3)10-5-4-6-11-19/h7-9,12,14H,4-6,10-11H2,1-3H3,(H,20,22). The van der Waals surface area contributed by atoms with Gasteiger partial charge in [-0.3, -0.25) is 9.59 Å². The monoisotopic (exact) mass is 347 g/mol. The van der Waals surface area contributed by atoms with Gasteiger partial charge in [-0.15, -0.1) is 0 Å². The summed E-state index contributed by atoms with van der Waals surface area (Å²) in [4.78, 5) is 36.2. The number of nitrogens with one attached hydrogen (secondary N) is 1. The zero-order valence-corrected chi connectivity index (χ0v) is 15.0. The van der Waals surface area contributed by atoms with Crippen molar-refractivity contribution >= 4 is 17.7 Å². The SMILES string of the molecule is COC(=O)C1(NC(=O)C(C)Oc2cccc(C(C)=O)c2)CCCCC1. The molecule has 0 aliphatic heterocycles. The maximum atomic E-state index is 12.5. The van der Waals surface area contributed by atoms with Crippen LogP contribution in [-0.2, 0) is 14.3 Å². The molecule has 0 bridgehead atoms. The zero-order valence-electron chi connectivity index (χ0n) is 15.0. The first-order valence-electron chi connectivity index (χ1n) is 8.56. The van der Waals surface area contributed by atoms with Crippen molar-refractivity contribution in [3.8, 4) is 5.75 Å². The number of ether oxygens (including phenoxy) is 2.